The van der Waals surface area contributed by atoms with Crippen LogP contribution in [0, 0.1) is 4.91 Å². The molecule has 0 amide bonds. The molecule has 21 heavy (non-hydrogen) atoms. The van der Waals surface area contributed by atoms with Crippen LogP contribution in [-0.2, 0) is 6.54 Å². The smallest absolute Gasteiger partial charge is 0.283 e. The van der Waals surface area contributed by atoms with Gasteiger partial charge in [0.25, 0.3) is 5.56 Å². The van der Waals surface area contributed by atoms with Gasteiger partial charge in [-0.05, 0) is 22.9 Å². The van der Waals surface area contributed by atoms with Crippen LogP contribution in [0.25, 0.3) is 11.0 Å². The molecule has 0 aliphatic heterocycles. The van der Waals surface area contributed by atoms with E-state index in [1.54, 1.807) is 18.3 Å². The maximum absolute atomic E-state index is 12.4. The van der Waals surface area contributed by atoms with Gasteiger partial charge in [0.1, 0.15) is 5.65 Å². The van der Waals surface area contributed by atoms with Gasteiger partial charge >= 0.3 is 0 Å². The van der Waals surface area contributed by atoms with E-state index in [1.807, 2.05) is 30.3 Å². The van der Waals surface area contributed by atoms with Crippen molar-refractivity contribution >= 4 is 28.3 Å². The molecule has 6 heteroatoms. The highest BCUT2D eigenvalue weighted by Gasteiger charge is 2.16. The van der Waals surface area contributed by atoms with E-state index in [-0.39, 0.29) is 10.7 Å². The molecule has 0 atom stereocenters. The Morgan fingerprint density at radius 1 is 1.14 bits per heavy atom. The summed E-state index contributed by atoms with van der Waals surface area (Å²) in [6, 6.07) is 12.8. The first-order valence-corrected chi connectivity index (χ1v) is 6.64. The van der Waals surface area contributed by atoms with Crippen molar-refractivity contribution < 1.29 is 0 Å². The Morgan fingerprint density at radius 2 is 1.90 bits per heavy atom. The molecule has 1 aromatic carbocycles. The number of fused-ring (bicyclic) bond motifs is 1. The van der Waals surface area contributed by atoms with Crippen LogP contribution in [0.2, 0.25) is 5.02 Å². The number of nitrogens with zero attached hydrogens (tertiary/aromatic N) is 3. The van der Waals surface area contributed by atoms with E-state index in [1.165, 1.54) is 4.57 Å². The lowest BCUT2D eigenvalue weighted by Crippen LogP contribution is -2.22. The molecule has 104 valence electrons. The van der Waals surface area contributed by atoms with Crippen molar-refractivity contribution in [3.8, 4) is 0 Å². The fourth-order valence-electron chi connectivity index (χ4n) is 2.22. The van der Waals surface area contributed by atoms with E-state index in [9.17, 15) is 9.70 Å². The Morgan fingerprint density at radius 3 is 2.62 bits per heavy atom. The Hall–Kier alpha value is -2.53. The zero-order chi connectivity index (χ0) is 14.8. The first-order valence-electron chi connectivity index (χ1n) is 6.26. The fraction of sp³-hybridized carbons (Fsp3) is 0.0667. The molecule has 2 aromatic heterocycles. The van der Waals surface area contributed by atoms with Crippen LogP contribution in [0.4, 0.5) is 5.69 Å². The second-order valence-electron chi connectivity index (χ2n) is 4.51. The van der Waals surface area contributed by atoms with E-state index >= 15 is 0 Å². The fourth-order valence-corrected chi connectivity index (χ4v) is 2.48. The molecular formula is C15H10ClN3O2. The number of benzene rings is 1. The monoisotopic (exact) mass is 299 g/mol. The number of halogens is 1. The minimum Gasteiger partial charge on any atom is -0.286 e. The van der Waals surface area contributed by atoms with Gasteiger partial charge in [0.15, 0.2) is 5.69 Å². The molecule has 0 aliphatic rings. The van der Waals surface area contributed by atoms with E-state index in [0.717, 1.165) is 5.56 Å². The molecular weight excluding hydrogens is 290 g/mol. The first kappa shape index (κ1) is 13.5. The molecule has 0 bridgehead atoms. The summed E-state index contributed by atoms with van der Waals surface area (Å²) in [5, 5.41) is 3.35. The lowest BCUT2D eigenvalue weighted by Gasteiger charge is -2.11. The minimum atomic E-state index is -0.537. The summed E-state index contributed by atoms with van der Waals surface area (Å²) < 4.78 is 1.41. The van der Waals surface area contributed by atoms with Gasteiger partial charge in [-0.15, -0.1) is 4.91 Å². The third-order valence-electron chi connectivity index (χ3n) is 3.21. The lowest BCUT2D eigenvalue weighted by atomic mass is 10.2. The zero-order valence-corrected chi connectivity index (χ0v) is 11.6. The summed E-state index contributed by atoms with van der Waals surface area (Å²) in [7, 11) is 0. The molecule has 3 rings (SSSR count). The van der Waals surface area contributed by atoms with Crippen molar-refractivity contribution in [1.29, 1.82) is 0 Å². The van der Waals surface area contributed by atoms with Crippen molar-refractivity contribution in [2.24, 2.45) is 5.18 Å². The predicted octanol–water partition coefficient (Wildman–Crippen LogP) is 3.50. The van der Waals surface area contributed by atoms with Crippen LogP contribution >= 0.6 is 11.6 Å². The van der Waals surface area contributed by atoms with Crippen LogP contribution in [-0.4, -0.2) is 9.55 Å². The average molecular weight is 300 g/mol. The van der Waals surface area contributed by atoms with Gasteiger partial charge in [-0.3, -0.25) is 9.36 Å². The van der Waals surface area contributed by atoms with Gasteiger partial charge < -0.3 is 0 Å². The van der Waals surface area contributed by atoms with Crippen LogP contribution < -0.4 is 5.56 Å². The summed E-state index contributed by atoms with van der Waals surface area (Å²) in [5.74, 6) is 0. The van der Waals surface area contributed by atoms with Gasteiger partial charge in [0.05, 0.1) is 11.6 Å². The predicted molar refractivity (Wildman–Crippen MR) is 82.0 cm³/mol. The molecule has 0 spiro atoms. The molecule has 0 N–H and O–H groups in total. The van der Waals surface area contributed by atoms with Crippen molar-refractivity contribution in [2.75, 3.05) is 0 Å². The normalized spacial score (nSPS) is 10.7. The highest BCUT2D eigenvalue weighted by atomic mass is 35.5. The molecule has 0 aliphatic carbocycles. The van der Waals surface area contributed by atoms with Crippen molar-refractivity contribution in [3.05, 3.63) is 74.5 Å². The molecule has 5 nitrogen and oxygen atoms in total. The third-order valence-corrected chi connectivity index (χ3v) is 3.59. The van der Waals surface area contributed by atoms with Crippen LogP contribution in [0.5, 0.6) is 0 Å². The van der Waals surface area contributed by atoms with Gasteiger partial charge in [0, 0.05) is 11.6 Å². The summed E-state index contributed by atoms with van der Waals surface area (Å²) in [6.45, 7) is 0.298. The number of aromatic nitrogens is 2. The Bertz CT molecular complexity index is 875. The molecule has 0 saturated heterocycles. The molecule has 0 saturated carbocycles. The summed E-state index contributed by atoms with van der Waals surface area (Å²) >= 11 is 6.07. The number of pyridine rings is 2. The summed E-state index contributed by atoms with van der Waals surface area (Å²) in [5.41, 5.74) is 0.535. The quantitative estimate of drug-likeness (QED) is 0.695. The van der Waals surface area contributed by atoms with Crippen molar-refractivity contribution in [3.63, 3.8) is 0 Å². The number of nitroso groups, excluding NO2 is 1. The van der Waals surface area contributed by atoms with Crippen LogP contribution in [0.3, 0.4) is 0 Å². The molecule has 0 fully saturated rings. The number of hydrogen-bond acceptors (Lipinski definition) is 4. The SMILES string of the molecule is O=Nc1c(Cl)c2cccnc2n(Cc2ccccc2)c1=O. The van der Waals surface area contributed by atoms with Gasteiger partial charge in [-0.1, -0.05) is 41.9 Å². The lowest BCUT2D eigenvalue weighted by molar-refractivity contribution is 0.784. The van der Waals surface area contributed by atoms with Crippen LogP contribution in [0.1, 0.15) is 5.56 Å². The highest BCUT2D eigenvalue weighted by molar-refractivity contribution is 6.37. The largest absolute Gasteiger partial charge is 0.286 e. The van der Waals surface area contributed by atoms with Crippen LogP contribution in [0.15, 0.2) is 58.6 Å². The van der Waals surface area contributed by atoms with Gasteiger partial charge in [0.2, 0.25) is 0 Å². The minimum absolute atomic E-state index is 0.0439. The molecule has 0 unspecified atom stereocenters. The van der Waals surface area contributed by atoms with Gasteiger partial charge in [-0.25, -0.2) is 4.98 Å². The van der Waals surface area contributed by atoms with Gasteiger partial charge in [-0.2, -0.15) is 0 Å². The Labute approximate surface area is 124 Å². The van der Waals surface area contributed by atoms with E-state index < -0.39 is 5.56 Å². The van der Waals surface area contributed by atoms with E-state index in [2.05, 4.69) is 10.2 Å². The third kappa shape index (κ3) is 2.32. The first-order chi connectivity index (χ1) is 10.2. The Balaban J connectivity index is 2.31. The second kappa shape index (κ2) is 5.46. The standard InChI is InChI=1S/C15H10ClN3O2/c16-12-11-7-4-8-17-14(11)19(15(20)13(12)18-21)9-10-5-2-1-3-6-10/h1-8H,9H2. The van der Waals surface area contributed by atoms with E-state index in [4.69, 9.17) is 11.6 Å². The van der Waals surface area contributed by atoms with Crippen molar-refractivity contribution in [2.45, 2.75) is 6.54 Å². The molecule has 3 aromatic rings. The zero-order valence-electron chi connectivity index (χ0n) is 10.9. The highest BCUT2D eigenvalue weighted by Crippen LogP contribution is 2.28. The number of hydrogen-bond donors (Lipinski definition) is 0. The van der Waals surface area contributed by atoms with E-state index in [0.29, 0.717) is 17.6 Å². The maximum atomic E-state index is 12.4. The molecule has 0 radical (unpaired) electrons. The second-order valence-corrected chi connectivity index (χ2v) is 4.88. The number of rotatable bonds is 3. The summed E-state index contributed by atoms with van der Waals surface area (Å²) in [6.07, 6.45) is 1.58. The summed E-state index contributed by atoms with van der Waals surface area (Å²) in [4.78, 5) is 27.5. The average Bonchev–Trinajstić information content (AvgIpc) is 2.53. The topological polar surface area (TPSA) is 64.3 Å². The molecule has 2 heterocycles. The Kier molecular flexibility index (Phi) is 3.50. The maximum Gasteiger partial charge on any atom is 0.283 e. The van der Waals surface area contributed by atoms with Crippen molar-refractivity contribution in [1.82, 2.24) is 9.55 Å².